The summed E-state index contributed by atoms with van der Waals surface area (Å²) in [6.45, 7) is 0. The number of carbonyl (C=O) groups is 1. The van der Waals surface area contributed by atoms with Crippen molar-refractivity contribution in [2.24, 2.45) is 0 Å². The van der Waals surface area contributed by atoms with Gasteiger partial charge in [0.1, 0.15) is 11.5 Å². The predicted octanol–water partition coefficient (Wildman–Crippen LogP) is 6.68. The molecule has 3 rings (SSSR count). The lowest BCUT2D eigenvalue weighted by molar-refractivity contribution is 0.104. The van der Waals surface area contributed by atoms with Gasteiger partial charge in [-0.3, -0.25) is 4.79 Å². The van der Waals surface area contributed by atoms with Crippen molar-refractivity contribution in [1.82, 2.24) is 0 Å². The third-order valence-electron chi connectivity index (χ3n) is 3.48. The molecule has 0 saturated heterocycles. The van der Waals surface area contributed by atoms with Crippen LogP contribution >= 0.6 is 23.2 Å². The van der Waals surface area contributed by atoms with E-state index >= 15 is 0 Å². The quantitative estimate of drug-likeness (QED) is 0.370. The first-order chi connectivity index (χ1) is 12.1. The number of allylic oxidation sites excluding steroid dienone is 1. The summed E-state index contributed by atoms with van der Waals surface area (Å²) >= 11 is 12.1. The Hall–Kier alpha value is -2.55. The average molecular weight is 369 g/mol. The minimum Gasteiger partial charge on any atom is -0.457 e. The molecular formula is C21H14Cl2O2. The molecule has 2 nitrogen and oxygen atoms in total. The first-order valence-corrected chi connectivity index (χ1v) is 8.38. The molecule has 0 aliphatic heterocycles. The molecule has 0 N–H and O–H groups in total. The van der Waals surface area contributed by atoms with E-state index in [0.717, 1.165) is 5.56 Å². The van der Waals surface area contributed by atoms with Crippen molar-refractivity contribution in [2.75, 3.05) is 0 Å². The maximum Gasteiger partial charge on any atom is 0.187 e. The molecule has 4 heteroatoms. The number of benzene rings is 3. The van der Waals surface area contributed by atoms with Crippen LogP contribution in [0.5, 0.6) is 11.5 Å². The Morgan fingerprint density at radius 2 is 1.52 bits per heavy atom. The van der Waals surface area contributed by atoms with E-state index in [2.05, 4.69) is 0 Å². The van der Waals surface area contributed by atoms with Gasteiger partial charge in [-0.2, -0.15) is 0 Å². The molecule has 0 atom stereocenters. The topological polar surface area (TPSA) is 26.3 Å². The molecule has 3 aromatic rings. The molecule has 3 aromatic carbocycles. The first kappa shape index (κ1) is 17.3. The van der Waals surface area contributed by atoms with Crippen LogP contribution in [0.3, 0.4) is 0 Å². The monoisotopic (exact) mass is 368 g/mol. The number of rotatable bonds is 5. The predicted molar refractivity (Wildman–Crippen MR) is 103 cm³/mol. The van der Waals surface area contributed by atoms with Crippen LogP contribution in [0, 0.1) is 0 Å². The number of ketones is 1. The Balaban J connectivity index is 1.74. The molecule has 0 unspecified atom stereocenters. The molecule has 124 valence electrons. The molecule has 0 aliphatic carbocycles. The lowest BCUT2D eigenvalue weighted by Crippen LogP contribution is -1.96. The van der Waals surface area contributed by atoms with Crippen LogP contribution in [0.2, 0.25) is 10.0 Å². The maximum atomic E-state index is 12.3. The number of hydrogen-bond donors (Lipinski definition) is 0. The zero-order valence-electron chi connectivity index (χ0n) is 13.2. The van der Waals surface area contributed by atoms with Crippen LogP contribution in [0.15, 0.2) is 78.9 Å². The molecule has 0 aliphatic rings. The van der Waals surface area contributed by atoms with Gasteiger partial charge in [-0.15, -0.1) is 0 Å². The lowest BCUT2D eigenvalue weighted by Gasteiger charge is -2.08. The summed E-state index contributed by atoms with van der Waals surface area (Å²) in [7, 11) is 0. The standard InChI is InChI=1S/C21H14Cl2O2/c22-16-7-9-17(10-8-16)25-18-11-12-19(20(23)14-18)21(24)13-6-15-4-2-1-3-5-15/h1-14H/b13-6+. The highest BCUT2D eigenvalue weighted by Gasteiger charge is 2.09. The third kappa shape index (κ3) is 4.72. The molecule has 0 aromatic heterocycles. The number of carbonyl (C=O) groups excluding carboxylic acids is 1. The SMILES string of the molecule is O=C(/C=C/c1ccccc1)c1ccc(Oc2ccc(Cl)cc2)cc1Cl. The highest BCUT2D eigenvalue weighted by atomic mass is 35.5. The molecule has 0 fully saturated rings. The normalized spacial score (nSPS) is 10.8. The lowest BCUT2D eigenvalue weighted by atomic mass is 10.1. The molecule has 0 radical (unpaired) electrons. The van der Waals surface area contributed by atoms with E-state index in [1.54, 1.807) is 48.5 Å². The van der Waals surface area contributed by atoms with E-state index in [9.17, 15) is 4.79 Å². The van der Waals surface area contributed by atoms with Crippen molar-refractivity contribution in [3.8, 4) is 11.5 Å². The zero-order valence-corrected chi connectivity index (χ0v) is 14.7. The molecule has 25 heavy (non-hydrogen) atoms. The van der Waals surface area contributed by atoms with Crippen molar-refractivity contribution >= 4 is 35.1 Å². The van der Waals surface area contributed by atoms with Gasteiger partial charge < -0.3 is 4.74 Å². The van der Waals surface area contributed by atoms with Crippen LogP contribution in [0.4, 0.5) is 0 Å². The molecular weight excluding hydrogens is 355 g/mol. The van der Waals surface area contributed by atoms with Crippen LogP contribution in [0.1, 0.15) is 15.9 Å². The van der Waals surface area contributed by atoms with Crippen molar-refractivity contribution < 1.29 is 9.53 Å². The van der Waals surface area contributed by atoms with Gasteiger partial charge in [-0.1, -0.05) is 59.6 Å². The fraction of sp³-hybridized carbons (Fsp3) is 0. The molecule has 0 amide bonds. The van der Waals surface area contributed by atoms with Gasteiger partial charge >= 0.3 is 0 Å². The van der Waals surface area contributed by atoms with Crippen LogP contribution < -0.4 is 4.74 Å². The highest BCUT2D eigenvalue weighted by molar-refractivity contribution is 6.34. The van der Waals surface area contributed by atoms with Crippen molar-refractivity contribution in [1.29, 1.82) is 0 Å². The van der Waals surface area contributed by atoms with Gasteiger partial charge in [0.25, 0.3) is 0 Å². The van der Waals surface area contributed by atoms with Gasteiger partial charge in [0.15, 0.2) is 5.78 Å². The number of halogens is 2. The molecule has 0 saturated carbocycles. The van der Waals surface area contributed by atoms with Crippen LogP contribution in [0.25, 0.3) is 6.08 Å². The van der Waals surface area contributed by atoms with E-state index < -0.39 is 0 Å². The minimum absolute atomic E-state index is 0.160. The summed E-state index contributed by atoms with van der Waals surface area (Å²) in [5.74, 6) is 1.03. The van der Waals surface area contributed by atoms with E-state index in [1.807, 2.05) is 30.3 Å². The summed E-state index contributed by atoms with van der Waals surface area (Å²) in [4.78, 5) is 12.3. The summed E-state index contributed by atoms with van der Waals surface area (Å²) < 4.78 is 5.71. The molecule has 0 bridgehead atoms. The maximum absolute atomic E-state index is 12.3. The summed E-state index contributed by atoms with van der Waals surface area (Å²) in [6, 6.07) is 21.6. The van der Waals surface area contributed by atoms with Crippen molar-refractivity contribution in [3.05, 3.63) is 100 Å². The summed E-state index contributed by atoms with van der Waals surface area (Å²) in [6.07, 6.45) is 3.27. The second kappa shape index (κ2) is 8.02. The van der Waals surface area contributed by atoms with Gasteiger partial charge in [0.05, 0.1) is 5.02 Å². The van der Waals surface area contributed by atoms with Crippen LogP contribution in [-0.4, -0.2) is 5.78 Å². The van der Waals surface area contributed by atoms with Gasteiger partial charge in [0, 0.05) is 16.7 Å². The van der Waals surface area contributed by atoms with E-state index in [0.29, 0.717) is 27.1 Å². The number of ether oxygens (including phenoxy) is 1. The first-order valence-electron chi connectivity index (χ1n) is 7.62. The van der Waals surface area contributed by atoms with Gasteiger partial charge in [0.2, 0.25) is 0 Å². The van der Waals surface area contributed by atoms with Crippen molar-refractivity contribution in [3.63, 3.8) is 0 Å². The smallest absolute Gasteiger partial charge is 0.187 e. The van der Waals surface area contributed by atoms with Gasteiger partial charge in [-0.05, 0) is 48.0 Å². The minimum atomic E-state index is -0.160. The summed E-state index contributed by atoms with van der Waals surface area (Å²) in [5.41, 5.74) is 1.38. The number of hydrogen-bond acceptors (Lipinski definition) is 2. The Morgan fingerprint density at radius 3 is 2.20 bits per heavy atom. The Bertz CT molecular complexity index is 901. The average Bonchev–Trinajstić information content (AvgIpc) is 2.63. The van der Waals surface area contributed by atoms with E-state index in [4.69, 9.17) is 27.9 Å². The van der Waals surface area contributed by atoms with Crippen molar-refractivity contribution in [2.45, 2.75) is 0 Å². The zero-order chi connectivity index (χ0) is 17.6. The third-order valence-corrected chi connectivity index (χ3v) is 4.05. The largest absolute Gasteiger partial charge is 0.457 e. The van der Waals surface area contributed by atoms with Crippen LogP contribution in [-0.2, 0) is 0 Å². The second-order valence-corrected chi connectivity index (χ2v) is 6.15. The Kier molecular flexibility index (Phi) is 5.54. The molecule has 0 heterocycles. The fourth-order valence-corrected chi connectivity index (χ4v) is 2.61. The Morgan fingerprint density at radius 1 is 0.840 bits per heavy atom. The fourth-order valence-electron chi connectivity index (χ4n) is 2.22. The van der Waals surface area contributed by atoms with Gasteiger partial charge in [-0.25, -0.2) is 0 Å². The molecule has 0 spiro atoms. The summed E-state index contributed by atoms with van der Waals surface area (Å²) in [5, 5.41) is 0.978. The Labute approximate surface area is 156 Å². The highest BCUT2D eigenvalue weighted by Crippen LogP contribution is 2.28. The van der Waals surface area contributed by atoms with E-state index in [1.165, 1.54) is 6.08 Å². The second-order valence-electron chi connectivity index (χ2n) is 5.31. The van der Waals surface area contributed by atoms with E-state index in [-0.39, 0.29) is 5.78 Å².